The maximum atomic E-state index is 9.47. The van der Waals surface area contributed by atoms with Crippen molar-refractivity contribution < 1.29 is 49.4 Å². The van der Waals surface area contributed by atoms with Gasteiger partial charge in [-0.1, -0.05) is 0 Å². The molecule has 0 fully saturated rings. The van der Waals surface area contributed by atoms with E-state index in [1.807, 2.05) is 0 Å². The molecule has 0 aliphatic rings. The van der Waals surface area contributed by atoms with Crippen LogP contribution in [0, 0.1) is 11.8 Å². The Morgan fingerprint density at radius 3 is 1.33 bits per heavy atom. The van der Waals surface area contributed by atoms with E-state index in [1.165, 1.54) is 11.8 Å². The molecule has 2 N–H and O–H groups in total. The molecule has 0 spiro atoms. The van der Waals surface area contributed by atoms with Gasteiger partial charge in [-0.3, -0.25) is 0 Å². The van der Waals surface area contributed by atoms with Crippen molar-refractivity contribution in [1.82, 2.24) is 0 Å². The van der Waals surface area contributed by atoms with E-state index in [0.717, 1.165) is 0 Å². The number of hydrogen-bond donors (Lipinski definition) is 2. The van der Waals surface area contributed by atoms with Crippen LogP contribution in [0.4, 0.5) is 0 Å². The van der Waals surface area contributed by atoms with Crippen molar-refractivity contribution in [2.75, 3.05) is 0 Å². The molecule has 0 aromatic heterocycles. The molecule has 0 amide bonds. The Hall–Kier alpha value is -0.500. The Morgan fingerprint density at radius 2 is 1.22 bits per heavy atom. The molecule has 0 heterocycles. The molecule has 0 radical (unpaired) electrons. The van der Waals surface area contributed by atoms with Crippen LogP contribution in [0.1, 0.15) is 0 Å². The number of carboxylic acids is 2. The molecule has 4 nitrogen and oxygen atoms in total. The van der Waals surface area contributed by atoms with Gasteiger partial charge in [-0.2, -0.15) is 0 Å². The first-order valence-corrected chi connectivity index (χ1v) is 1.61. The van der Waals surface area contributed by atoms with Crippen molar-refractivity contribution in [3.05, 3.63) is 0 Å². The molecule has 0 aromatic carbocycles. The maximum Gasteiger partial charge on any atom is 1.00 e. The molecular weight excluding hydrogens is 135 g/mol. The Morgan fingerprint density at radius 1 is 1.00 bits per heavy atom. The van der Waals surface area contributed by atoms with Gasteiger partial charge in [0.05, 0.1) is 0 Å². The summed E-state index contributed by atoms with van der Waals surface area (Å²) in [7, 11) is 0. The first kappa shape index (κ1) is 11.3. The second-order valence-corrected chi connectivity index (χ2v) is 0.860. The predicted octanol–water partition coefficient (Wildman–Crippen LogP) is -3.84. The minimum atomic E-state index is -1.44. The Labute approximate surface area is 73.2 Å². The average Bonchev–Trinajstić information content (AvgIpc) is 1.61. The van der Waals surface area contributed by atoms with Crippen molar-refractivity contribution in [3.8, 4) is 11.8 Å². The molecule has 0 unspecified atom stereocenters. The third kappa shape index (κ3) is 11.2. The quantitative estimate of drug-likeness (QED) is 0.265. The summed E-state index contributed by atoms with van der Waals surface area (Å²) in [5, 5.41) is 15.5. The fourth-order valence-corrected chi connectivity index (χ4v) is 0.107. The maximum absolute atomic E-state index is 9.47. The normalized spacial score (nSPS) is 5.78. The summed E-state index contributed by atoms with van der Waals surface area (Å²) in [6, 6.07) is 0. The van der Waals surface area contributed by atoms with E-state index in [-0.39, 0.29) is 29.6 Å². The zero-order chi connectivity index (χ0) is 6.57. The molecule has 0 saturated heterocycles. The van der Waals surface area contributed by atoms with Gasteiger partial charge in [-0.25, -0.2) is 9.59 Å². The Kier molecular flexibility index (Phi) is 7.08. The van der Waals surface area contributed by atoms with Crippen LogP contribution in [-0.4, -0.2) is 22.2 Å². The van der Waals surface area contributed by atoms with Crippen LogP contribution < -0.4 is 29.6 Å². The summed E-state index contributed by atoms with van der Waals surface area (Å²) in [6.07, 6.45) is 0. The largest absolute Gasteiger partial charge is 1.00 e. The Bertz CT molecular complexity index is 157. The third-order valence-corrected chi connectivity index (χ3v) is 0.276. The number of rotatable bonds is 0. The fraction of sp³-hybridized carbons (Fsp3) is 0. The van der Waals surface area contributed by atoms with E-state index < -0.39 is 11.9 Å². The van der Waals surface area contributed by atoms with E-state index in [9.17, 15) is 9.59 Å². The average molecular weight is 137 g/mol. The van der Waals surface area contributed by atoms with Crippen LogP contribution in [-0.2, 0) is 9.59 Å². The molecule has 0 aliphatic heterocycles. The van der Waals surface area contributed by atoms with Crippen LogP contribution in [0.2, 0.25) is 0 Å². The summed E-state index contributed by atoms with van der Waals surface area (Å²) < 4.78 is 0. The predicted molar refractivity (Wildman–Crippen MR) is 23.0 cm³/mol. The zero-order valence-corrected chi connectivity index (χ0v) is 6.71. The minimum absolute atomic E-state index is 0. The monoisotopic (exact) mass is 137 g/mol. The van der Waals surface area contributed by atoms with E-state index in [2.05, 4.69) is 0 Å². The van der Waals surface area contributed by atoms with Crippen LogP contribution in [0.15, 0.2) is 0 Å². The molecule has 5 heteroatoms. The fourth-order valence-electron chi connectivity index (χ4n) is 0.107. The summed E-state index contributed by atoms with van der Waals surface area (Å²) in [5.41, 5.74) is 0. The van der Waals surface area contributed by atoms with Crippen LogP contribution in [0.25, 0.3) is 0 Å². The topological polar surface area (TPSA) is 74.6 Å². The zero-order valence-electron chi connectivity index (χ0n) is 4.71. The van der Waals surface area contributed by atoms with Gasteiger partial charge < -0.3 is 10.2 Å². The third-order valence-electron chi connectivity index (χ3n) is 0.276. The molecule has 0 aromatic rings. The van der Waals surface area contributed by atoms with Gasteiger partial charge in [0.1, 0.15) is 0 Å². The molecule has 42 valence electrons. The summed E-state index contributed by atoms with van der Waals surface area (Å²) >= 11 is 0. The standard InChI is InChI=1S/C4H2O4.Na/c5-3(6)1-2-4(7)8;/h(H,5,6)(H,7,8);/q;+1. The smallest absolute Gasteiger partial charge is 0.472 e. The molecule has 0 rings (SSSR count). The SMILES string of the molecule is O=C(O)C#CC(=O)O.[Na+]. The Balaban J connectivity index is 0. The van der Waals surface area contributed by atoms with E-state index in [1.54, 1.807) is 0 Å². The van der Waals surface area contributed by atoms with Crippen molar-refractivity contribution in [1.29, 1.82) is 0 Å². The molecule has 0 aliphatic carbocycles. The van der Waals surface area contributed by atoms with Crippen molar-refractivity contribution in [2.24, 2.45) is 0 Å². The van der Waals surface area contributed by atoms with Gasteiger partial charge in [0, 0.05) is 11.8 Å². The number of carboxylic acid groups (broad SMARTS) is 2. The van der Waals surface area contributed by atoms with Gasteiger partial charge in [-0.15, -0.1) is 0 Å². The first-order valence-electron chi connectivity index (χ1n) is 1.61. The molecular formula is C4H2NaO4+. The van der Waals surface area contributed by atoms with Gasteiger partial charge in [0.25, 0.3) is 0 Å². The van der Waals surface area contributed by atoms with Gasteiger partial charge in [-0.05, 0) is 0 Å². The number of aliphatic carboxylic acids is 2. The molecule has 9 heavy (non-hydrogen) atoms. The second kappa shape index (κ2) is 5.63. The summed E-state index contributed by atoms with van der Waals surface area (Å²) in [6.45, 7) is 0. The van der Waals surface area contributed by atoms with Gasteiger partial charge in [0.15, 0.2) is 0 Å². The van der Waals surface area contributed by atoms with Gasteiger partial charge in [0.2, 0.25) is 0 Å². The minimum Gasteiger partial charge on any atom is -0.472 e. The van der Waals surface area contributed by atoms with Crippen molar-refractivity contribution in [3.63, 3.8) is 0 Å². The first-order chi connectivity index (χ1) is 3.63. The van der Waals surface area contributed by atoms with E-state index in [0.29, 0.717) is 0 Å². The number of hydrogen-bond acceptors (Lipinski definition) is 2. The van der Waals surface area contributed by atoms with Crippen molar-refractivity contribution in [2.45, 2.75) is 0 Å². The molecule has 0 bridgehead atoms. The van der Waals surface area contributed by atoms with Crippen LogP contribution >= 0.6 is 0 Å². The molecule has 0 saturated carbocycles. The summed E-state index contributed by atoms with van der Waals surface area (Å²) in [5.74, 6) is -0.0511. The van der Waals surface area contributed by atoms with Crippen molar-refractivity contribution >= 4 is 11.9 Å². The second-order valence-electron chi connectivity index (χ2n) is 0.860. The van der Waals surface area contributed by atoms with Crippen LogP contribution in [0.3, 0.4) is 0 Å². The summed E-state index contributed by atoms with van der Waals surface area (Å²) in [4.78, 5) is 18.9. The van der Waals surface area contributed by atoms with Crippen LogP contribution in [0.5, 0.6) is 0 Å². The van der Waals surface area contributed by atoms with E-state index >= 15 is 0 Å². The number of carbonyl (C=O) groups is 2. The molecule has 0 atom stereocenters. The van der Waals surface area contributed by atoms with E-state index in [4.69, 9.17) is 10.2 Å². The van der Waals surface area contributed by atoms with Gasteiger partial charge >= 0.3 is 41.5 Å².